The molecular formula is C13H18N2O2S. The lowest BCUT2D eigenvalue weighted by atomic mass is 10.0. The number of sulfonamides is 1. The normalized spacial score (nSPS) is 23.4. The Morgan fingerprint density at radius 2 is 1.94 bits per heavy atom. The van der Waals surface area contributed by atoms with Crippen molar-refractivity contribution in [2.45, 2.75) is 23.8 Å². The van der Waals surface area contributed by atoms with Gasteiger partial charge in [0.1, 0.15) is 0 Å². The quantitative estimate of drug-likeness (QED) is 0.788. The van der Waals surface area contributed by atoms with Gasteiger partial charge in [-0.25, -0.2) is 13.1 Å². The van der Waals surface area contributed by atoms with Crippen molar-refractivity contribution in [2.75, 3.05) is 6.54 Å². The highest BCUT2D eigenvalue weighted by Gasteiger charge is 2.23. The highest BCUT2D eigenvalue weighted by molar-refractivity contribution is 7.89. The van der Waals surface area contributed by atoms with Crippen LogP contribution in [0.15, 0.2) is 47.4 Å². The van der Waals surface area contributed by atoms with Crippen molar-refractivity contribution in [2.24, 2.45) is 11.7 Å². The minimum absolute atomic E-state index is 0.119. The number of nitrogens with one attached hydrogen (secondary N) is 1. The molecule has 0 spiro atoms. The molecule has 98 valence electrons. The maximum atomic E-state index is 12.1. The summed E-state index contributed by atoms with van der Waals surface area (Å²) in [4.78, 5) is 0.306. The van der Waals surface area contributed by atoms with Crippen LogP contribution in [0.4, 0.5) is 0 Å². The minimum Gasteiger partial charge on any atom is -0.330 e. The van der Waals surface area contributed by atoms with Crippen LogP contribution in [0.1, 0.15) is 12.8 Å². The summed E-state index contributed by atoms with van der Waals surface area (Å²) in [7, 11) is -3.41. The minimum atomic E-state index is -3.41. The fourth-order valence-corrected chi connectivity index (χ4v) is 3.38. The van der Waals surface area contributed by atoms with Crippen molar-refractivity contribution in [3.8, 4) is 0 Å². The topological polar surface area (TPSA) is 72.2 Å². The molecule has 4 nitrogen and oxygen atoms in total. The smallest absolute Gasteiger partial charge is 0.241 e. The van der Waals surface area contributed by atoms with Crippen LogP contribution in [0.25, 0.3) is 0 Å². The van der Waals surface area contributed by atoms with Crippen LogP contribution in [0.5, 0.6) is 0 Å². The van der Waals surface area contributed by atoms with E-state index in [1.807, 2.05) is 12.2 Å². The fraction of sp³-hybridized carbons (Fsp3) is 0.385. The molecule has 0 amide bonds. The summed E-state index contributed by atoms with van der Waals surface area (Å²) < 4.78 is 26.9. The number of hydrogen-bond acceptors (Lipinski definition) is 3. The zero-order valence-electron chi connectivity index (χ0n) is 10.1. The summed E-state index contributed by atoms with van der Waals surface area (Å²) in [5, 5.41) is 0. The van der Waals surface area contributed by atoms with E-state index in [-0.39, 0.29) is 6.04 Å². The number of benzene rings is 1. The zero-order valence-corrected chi connectivity index (χ0v) is 10.9. The van der Waals surface area contributed by atoms with Crippen LogP contribution >= 0.6 is 0 Å². The Labute approximate surface area is 108 Å². The molecule has 1 aliphatic carbocycles. The molecule has 0 aromatic heterocycles. The van der Waals surface area contributed by atoms with Gasteiger partial charge in [-0.3, -0.25) is 0 Å². The van der Waals surface area contributed by atoms with E-state index in [1.54, 1.807) is 30.3 Å². The summed E-state index contributed by atoms with van der Waals surface area (Å²) in [6, 6.07) is 8.31. The second-order valence-corrected chi connectivity index (χ2v) is 6.21. The average Bonchev–Trinajstić information content (AvgIpc) is 2.77. The van der Waals surface area contributed by atoms with Gasteiger partial charge < -0.3 is 5.73 Å². The monoisotopic (exact) mass is 266 g/mol. The van der Waals surface area contributed by atoms with Gasteiger partial charge >= 0.3 is 0 Å². The summed E-state index contributed by atoms with van der Waals surface area (Å²) in [6.07, 6.45) is 5.66. The third-order valence-electron chi connectivity index (χ3n) is 3.07. The van der Waals surface area contributed by atoms with Gasteiger partial charge in [0.15, 0.2) is 0 Å². The molecule has 18 heavy (non-hydrogen) atoms. The van der Waals surface area contributed by atoms with Crippen molar-refractivity contribution in [3.05, 3.63) is 42.5 Å². The maximum Gasteiger partial charge on any atom is 0.241 e. The van der Waals surface area contributed by atoms with Gasteiger partial charge in [0, 0.05) is 6.04 Å². The summed E-state index contributed by atoms with van der Waals surface area (Å²) in [5.41, 5.74) is 5.50. The zero-order chi connectivity index (χ0) is 13.0. The van der Waals surface area contributed by atoms with Gasteiger partial charge in [-0.15, -0.1) is 0 Å². The molecule has 1 aliphatic rings. The molecule has 0 aliphatic heterocycles. The summed E-state index contributed by atoms with van der Waals surface area (Å²) in [6.45, 7) is 0.632. The van der Waals surface area contributed by atoms with Gasteiger partial charge in [-0.05, 0) is 37.4 Å². The molecule has 5 heteroatoms. The molecule has 3 N–H and O–H groups in total. The van der Waals surface area contributed by atoms with Gasteiger partial charge in [-0.2, -0.15) is 0 Å². The second-order valence-electron chi connectivity index (χ2n) is 4.50. The molecule has 0 bridgehead atoms. The molecule has 1 aromatic rings. The molecule has 2 unspecified atom stereocenters. The molecule has 2 atom stereocenters. The Kier molecular flexibility index (Phi) is 4.16. The lowest BCUT2D eigenvalue weighted by Crippen LogP contribution is -2.32. The summed E-state index contributed by atoms with van der Waals surface area (Å²) >= 11 is 0. The van der Waals surface area contributed by atoms with Crippen LogP contribution in [0.3, 0.4) is 0 Å². The van der Waals surface area contributed by atoms with E-state index < -0.39 is 10.0 Å². The highest BCUT2D eigenvalue weighted by Crippen LogP contribution is 2.22. The lowest BCUT2D eigenvalue weighted by Gasteiger charge is -2.13. The Morgan fingerprint density at radius 3 is 2.61 bits per heavy atom. The second kappa shape index (κ2) is 5.65. The first kappa shape index (κ1) is 13.3. The van der Waals surface area contributed by atoms with Gasteiger partial charge in [0.05, 0.1) is 4.90 Å². The molecule has 0 saturated carbocycles. The van der Waals surface area contributed by atoms with Crippen LogP contribution in [0, 0.1) is 5.92 Å². The summed E-state index contributed by atoms with van der Waals surface area (Å²) in [5.74, 6) is 0.387. The van der Waals surface area contributed by atoms with Crippen molar-refractivity contribution >= 4 is 10.0 Å². The van der Waals surface area contributed by atoms with Crippen LogP contribution in [0.2, 0.25) is 0 Å². The van der Waals surface area contributed by atoms with Crippen molar-refractivity contribution < 1.29 is 8.42 Å². The van der Waals surface area contributed by atoms with Crippen molar-refractivity contribution in [1.29, 1.82) is 0 Å². The molecule has 0 fully saturated rings. The maximum absolute atomic E-state index is 12.1. The number of allylic oxidation sites excluding steroid dienone is 1. The average molecular weight is 266 g/mol. The van der Waals surface area contributed by atoms with Crippen LogP contribution in [-0.4, -0.2) is 21.0 Å². The lowest BCUT2D eigenvalue weighted by molar-refractivity contribution is 0.522. The number of hydrogen-bond donors (Lipinski definition) is 2. The van der Waals surface area contributed by atoms with E-state index in [2.05, 4.69) is 4.72 Å². The fourth-order valence-electron chi connectivity index (χ4n) is 2.16. The standard InChI is InChI=1S/C13H18N2O2S/c14-9-8-11-6-7-12(10-11)15-18(16,17)13-4-2-1-3-5-13/h1-7,11-12,15H,8-10,14H2. The highest BCUT2D eigenvalue weighted by atomic mass is 32.2. The molecule has 2 rings (SSSR count). The SMILES string of the molecule is NCCC1C=CC(NS(=O)(=O)c2ccccc2)C1. The first-order valence-electron chi connectivity index (χ1n) is 6.07. The van der Waals surface area contributed by atoms with E-state index in [4.69, 9.17) is 5.73 Å². The van der Waals surface area contributed by atoms with Crippen molar-refractivity contribution in [3.63, 3.8) is 0 Å². The van der Waals surface area contributed by atoms with E-state index in [1.165, 1.54) is 0 Å². The van der Waals surface area contributed by atoms with Crippen LogP contribution < -0.4 is 10.5 Å². The van der Waals surface area contributed by atoms with E-state index in [0.717, 1.165) is 12.8 Å². The Balaban J connectivity index is 2.01. The molecule has 0 heterocycles. The van der Waals surface area contributed by atoms with Crippen LogP contribution in [-0.2, 0) is 10.0 Å². The first-order chi connectivity index (χ1) is 8.62. The predicted octanol–water partition coefficient (Wildman–Crippen LogP) is 1.26. The largest absolute Gasteiger partial charge is 0.330 e. The van der Waals surface area contributed by atoms with E-state index >= 15 is 0 Å². The molecule has 0 saturated heterocycles. The molecule has 0 radical (unpaired) electrons. The molecule has 1 aromatic carbocycles. The van der Waals surface area contributed by atoms with E-state index in [0.29, 0.717) is 17.4 Å². The Hall–Kier alpha value is -1.17. The predicted molar refractivity (Wildman–Crippen MR) is 71.5 cm³/mol. The number of nitrogens with two attached hydrogens (primary N) is 1. The molecular weight excluding hydrogens is 248 g/mol. The third kappa shape index (κ3) is 3.19. The van der Waals surface area contributed by atoms with Crippen molar-refractivity contribution in [1.82, 2.24) is 4.72 Å². The van der Waals surface area contributed by atoms with Gasteiger partial charge in [-0.1, -0.05) is 30.4 Å². The van der Waals surface area contributed by atoms with Gasteiger partial charge in [0.25, 0.3) is 0 Å². The van der Waals surface area contributed by atoms with E-state index in [9.17, 15) is 8.42 Å². The first-order valence-corrected chi connectivity index (χ1v) is 7.56. The Morgan fingerprint density at radius 1 is 1.22 bits per heavy atom. The number of rotatable bonds is 5. The third-order valence-corrected chi connectivity index (χ3v) is 4.58. The Bertz CT molecular complexity index is 511. The van der Waals surface area contributed by atoms with Gasteiger partial charge in [0.2, 0.25) is 10.0 Å².